The van der Waals surface area contributed by atoms with Crippen molar-refractivity contribution in [3.8, 4) is 0 Å². The highest BCUT2D eigenvalue weighted by molar-refractivity contribution is 5.57. The number of hydrogen-bond donors (Lipinski definition) is 0. The van der Waals surface area contributed by atoms with Crippen molar-refractivity contribution in [2.75, 3.05) is 7.05 Å². The van der Waals surface area contributed by atoms with Gasteiger partial charge in [-0.05, 0) is 38.6 Å². The average Bonchev–Trinajstić information content (AvgIpc) is 2.19. The molecule has 2 aliphatic rings. The van der Waals surface area contributed by atoms with Crippen molar-refractivity contribution in [2.24, 2.45) is 5.92 Å². The molecule has 74 valence electrons. The summed E-state index contributed by atoms with van der Waals surface area (Å²) in [6, 6.07) is 0.914. The van der Waals surface area contributed by atoms with Gasteiger partial charge in [-0.3, -0.25) is 4.90 Å². The third-order valence-electron chi connectivity index (χ3n) is 3.91. The SMILES string of the molecule is CN1C(C=O)CCC2CCCCC21. The number of carbonyl (C=O) groups is 1. The smallest absolute Gasteiger partial charge is 0.137 e. The summed E-state index contributed by atoms with van der Waals surface area (Å²) in [4.78, 5) is 13.1. The Hall–Kier alpha value is -0.370. The van der Waals surface area contributed by atoms with E-state index < -0.39 is 0 Å². The van der Waals surface area contributed by atoms with Gasteiger partial charge < -0.3 is 4.79 Å². The summed E-state index contributed by atoms with van der Waals surface area (Å²) in [7, 11) is 2.13. The summed E-state index contributed by atoms with van der Waals surface area (Å²) in [6.45, 7) is 0. The molecule has 2 rings (SSSR count). The Morgan fingerprint density at radius 2 is 1.92 bits per heavy atom. The van der Waals surface area contributed by atoms with Crippen LogP contribution in [0.25, 0.3) is 0 Å². The highest BCUT2D eigenvalue weighted by atomic mass is 16.1. The van der Waals surface area contributed by atoms with Crippen LogP contribution in [0.15, 0.2) is 0 Å². The van der Waals surface area contributed by atoms with Crippen LogP contribution in [0, 0.1) is 5.92 Å². The summed E-state index contributed by atoms with van der Waals surface area (Å²) in [5.41, 5.74) is 0. The third kappa shape index (κ3) is 1.64. The van der Waals surface area contributed by atoms with E-state index in [9.17, 15) is 4.79 Å². The molecule has 13 heavy (non-hydrogen) atoms. The molecule has 0 aromatic carbocycles. The van der Waals surface area contributed by atoms with Crippen molar-refractivity contribution >= 4 is 6.29 Å². The van der Waals surface area contributed by atoms with Crippen molar-refractivity contribution in [1.82, 2.24) is 4.90 Å². The van der Waals surface area contributed by atoms with Gasteiger partial charge in [-0.25, -0.2) is 0 Å². The van der Waals surface area contributed by atoms with E-state index in [-0.39, 0.29) is 6.04 Å². The van der Waals surface area contributed by atoms with Crippen LogP contribution < -0.4 is 0 Å². The number of rotatable bonds is 1. The first kappa shape index (κ1) is 9.20. The maximum absolute atomic E-state index is 10.8. The molecule has 0 N–H and O–H groups in total. The van der Waals surface area contributed by atoms with E-state index in [2.05, 4.69) is 11.9 Å². The van der Waals surface area contributed by atoms with Gasteiger partial charge >= 0.3 is 0 Å². The number of carbonyl (C=O) groups excluding carboxylic acids is 1. The van der Waals surface area contributed by atoms with E-state index in [0.717, 1.165) is 18.6 Å². The van der Waals surface area contributed by atoms with Crippen LogP contribution in [0.3, 0.4) is 0 Å². The maximum atomic E-state index is 10.8. The Labute approximate surface area is 80.3 Å². The van der Waals surface area contributed by atoms with Gasteiger partial charge in [-0.2, -0.15) is 0 Å². The number of piperidine rings is 1. The zero-order valence-electron chi connectivity index (χ0n) is 8.41. The van der Waals surface area contributed by atoms with Crippen molar-refractivity contribution < 1.29 is 4.79 Å². The molecule has 1 aliphatic heterocycles. The Morgan fingerprint density at radius 1 is 1.15 bits per heavy atom. The second-order valence-electron chi connectivity index (χ2n) is 4.56. The molecule has 3 atom stereocenters. The van der Waals surface area contributed by atoms with Gasteiger partial charge in [-0.1, -0.05) is 12.8 Å². The van der Waals surface area contributed by atoms with Gasteiger partial charge in [0.05, 0.1) is 6.04 Å². The summed E-state index contributed by atoms with van der Waals surface area (Å²) in [5.74, 6) is 0.884. The van der Waals surface area contributed by atoms with E-state index >= 15 is 0 Å². The quantitative estimate of drug-likeness (QED) is 0.575. The summed E-state index contributed by atoms with van der Waals surface area (Å²) in [5, 5.41) is 0. The Morgan fingerprint density at radius 3 is 2.69 bits per heavy atom. The molecule has 0 aromatic rings. The van der Waals surface area contributed by atoms with Crippen molar-refractivity contribution in [1.29, 1.82) is 0 Å². The Balaban J connectivity index is 2.04. The van der Waals surface area contributed by atoms with Gasteiger partial charge in [0.1, 0.15) is 6.29 Å². The van der Waals surface area contributed by atoms with E-state index in [1.165, 1.54) is 32.1 Å². The topological polar surface area (TPSA) is 20.3 Å². The minimum atomic E-state index is 0.208. The fraction of sp³-hybridized carbons (Fsp3) is 0.909. The number of likely N-dealkylation sites (N-methyl/N-ethyl adjacent to an activating group) is 1. The number of likely N-dealkylation sites (tertiary alicyclic amines) is 1. The standard InChI is InChI=1S/C11H19NO/c1-12-10(8-13)7-6-9-4-2-3-5-11(9)12/h8-11H,2-7H2,1H3. The molecular formula is C11H19NO. The summed E-state index contributed by atoms with van der Waals surface area (Å²) >= 11 is 0. The van der Waals surface area contributed by atoms with Crippen LogP contribution in [-0.4, -0.2) is 30.3 Å². The number of hydrogen-bond acceptors (Lipinski definition) is 2. The lowest BCUT2D eigenvalue weighted by Gasteiger charge is -2.45. The zero-order chi connectivity index (χ0) is 9.26. The lowest BCUT2D eigenvalue weighted by Crippen LogP contribution is -2.50. The summed E-state index contributed by atoms with van der Waals surface area (Å²) in [6.07, 6.45) is 8.95. The first-order valence-corrected chi connectivity index (χ1v) is 5.50. The average molecular weight is 181 g/mol. The minimum Gasteiger partial charge on any atom is -0.302 e. The fourth-order valence-electron chi connectivity index (χ4n) is 3.06. The van der Waals surface area contributed by atoms with Gasteiger partial charge in [0, 0.05) is 6.04 Å². The van der Waals surface area contributed by atoms with Crippen molar-refractivity contribution in [3.05, 3.63) is 0 Å². The minimum absolute atomic E-state index is 0.208. The predicted molar refractivity (Wildman–Crippen MR) is 52.6 cm³/mol. The van der Waals surface area contributed by atoms with E-state index in [0.29, 0.717) is 6.04 Å². The molecule has 3 unspecified atom stereocenters. The maximum Gasteiger partial charge on any atom is 0.137 e. The van der Waals surface area contributed by atoms with Crippen LogP contribution in [0.1, 0.15) is 38.5 Å². The molecule has 1 saturated heterocycles. The van der Waals surface area contributed by atoms with E-state index in [1.807, 2.05) is 0 Å². The molecule has 1 aliphatic carbocycles. The number of nitrogens with zero attached hydrogens (tertiary/aromatic N) is 1. The van der Waals surface area contributed by atoms with Crippen LogP contribution >= 0.6 is 0 Å². The molecular weight excluding hydrogens is 162 g/mol. The Bertz CT molecular complexity index is 193. The van der Waals surface area contributed by atoms with E-state index in [1.54, 1.807) is 0 Å². The van der Waals surface area contributed by atoms with Gasteiger partial charge in [0.2, 0.25) is 0 Å². The molecule has 0 aromatic heterocycles. The Kier molecular flexibility index (Phi) is 2.68. The molecule has 2 nitrogen and oxygen atoms in total. The predicted octanol–water partition coefficient (Wildman–Crippen LogP) is 1.84. The lowest BCUT2D eigenvalue weighted by atomic mass is 9.77. The molecule has 0 spiro atoms. The first-order chi connectivity index (χ1) is 6.33. The first-order valence-electron chi connectivity index (χ1n) is 5.50. The molecule has 0 radical (unpaired) electrons. The molecule has 0 bridgehead atoms. The summed E-state index contributed by atoms with van der Waals surface area (Å²) < 4.78 is 0. The molecule has 2 fully saturated rings. The highest BCUT2D eigenvalue weighted by Crippen LogP contribution is 2.36. The van der Waals surface area contributed by atoms with Gasteiger partial charge in [-0.15, -0.1) is 0 Å². The van der Waals surface area contributed by atoms with Crippen LogP contribution in [0.2, 0.25) is 0 Å². The third-order valence-corrected chi connectivity index (χ3v) is 3.91. The largest absolute Gasteiger partial charge is 0.302 e. The second-order valence-corrected chi connectivity index (χ2v) is 4.56. The van der Waals surface area contributed by atoms with Gasteiger partial charge in [0.25, 0.3) is 0 Å². The zero-order valence-corrected chi connectivity index (χ0v) is 8.41. The lowest BCUT2D eigenvalue weighted by molar-refractivity contribution is -0.115. The van der Waals surface area contributed by atoms with Crippen LogP contribution in [0.5, 0.6) is 0 Å². The van der Waals surface area contributed by atoms with Crippen molar-refractivity contribution in [2.45, 2.75) is 50.6 Å². The fourth-order valence-corrected chi connectivity index (χ4v) is 3.06. The van der Waals surface area contributed by atoms with Gasteiger partial charge in [0.15, 0.2) is 0 Å². The van der Waals surface area contributed by atoms with Crippen LogP contribution in [0.4, 0.5) is 0 Å². The normalized spacial score (nSPS) is 41.2. The molecule has 1 heterocycles. The van der Waals surface area contributed by atoms with Crippen LogP contribution in [-0.2, 0) is 4.79 Å². The van der Waals surface area contributed by atoms with E-state index in [4.69, 9.17) is 0 Å². The second kappa shape index (κ2) is 3.79. The molecule has 2 heteroatoms. The van der Waals surface area contributed by atoms with Crippen molar-refractivity contribution in [3.63, 3.8) is 0 Å². The monoisotopic (exact) mass is 181 g/mol. The molecule has 0 amide bonds. The molecule has 1 saturated carbocycles. The number of fused-ring (bicyclic) bond motifs is 1. The highest BCUT2D eigenvalue weighted by Gasteiger charge is 2.35. The number of aldehydes is 1.